The summed E-state index contributed by atoms with van der Waals surface area (Å²) in [4.78, 5) is 2.10. The molecule has 1 aromatic rings. The number of halogens is 2. The monoisotopic (exact) mass is 284 g/mol. The van der Waals surface area contributed by atoms with E-state index in [9.17, 15) is 8.78 Å². The fraction of sp³-hybridized carbons (Fsp3) is 0.600. The highest BCUT2D eigenvalue weighted by Crippen LogP contribution is 2.31. The van der Waals surface area contributed by atoms with Crippen molar-refractivity contribution in [3.8, 4) is 0 Å². The summed E-state index contributed by atoms with van der Waals surface area (Å²) in [6.45, 7) is 4.87. The van der Waals surface area contributed by atoms with Gasteiger partial charge in [0.2, 0.25) is 0 Å². The van der Waals surface area contributed by atoms with Gasteiger partial charge in [-0.05, 0) is 31.4 Å². The van der Waals surface area contributed by atoms with Crippen LogP contribution in [0.25, 0.3) is 0 Å². The van der Waals surface area contributed by atoms with Crippen LogP contribution in [0.4, 0.5) is 8.78 Å². The first-order valence-corrected chi connectivity index (χ1v) is 7.15. The summed E-state index contributed by atoms with van der Waals surface area (Å²) >= 11 is 0. The van der Waals surface area contributed by atoms with Gasteiger partial charge in [0.15, 0.2) is 0 Å². The number of nitrogens with one attached hydrogen (secondary N) is 1. The molecule has 3 nitrogen and oxygen atoms in total. The van der Waals surface area contributed by atoms with E-state index in [4.69, 9.17) is 5.11 Å². The van der Waals surface area contributed by atoms with E-state index in [0.717, 1.165) is 26.2 Å². The number of hydrogen-bond acceptors (Lipinski definition) is 3. The second kappa shape index (κ2) is 7.11. The SMILES string of the molecule is Cc1ccc(F)c([C@H](CCCO)N2CCNCC2)c1F. The fourth-order valence-electron chi connectivity index (χ4n) is 2.77. The maximum atomic E-state index is 14.4. The highest BCUT2D eigenvalue weighted by Gasteiger charge is 2.27. The highest BCUT2D eigenvalue weighted by molar-refractivity contribution is 5.29. The number of benzene rings is 1. The molecule has 0 radical (unpaired) electrons. The van der Waals surface area contributed by atoms with E-state index in [0.29, 0.717) is 18.4 Å². The number of rotatable bonds is 5. The van der Waals surface area contributed by atoms with Crippen molar-refractivity contribution in [2.75, 3.05) is 32.8 Å². The van der Waals surface area contributed by atoms with E-state index >= 15 is 0 Å². The van der Waals surface area contributed by atoms with Gasteiger partial charge in [0, 0.05) is 44.4 Å². The largest absolute Gasteiger partial charge is 0.396 e. The summed E-state index contributed by atoms with van der Waals surface area (Å²) in [6.07, 6.45) is 1.11. The Morgan fingerprint density at radius 3 is 2.65 bits per heavy atom. The lowest BCUT2D eigenvalue weighted by Crippen LogP contribution is -2.45. The molecule has 0 spiro atoms. The average molecular weight is 284 g/mol. The number of aryl methyl sites for hydroxylation is 1. The van der Waals surface area contributed by atoms with Crippen molar-refractivity contribution < 1.29 is 13.9 Å². The van der Waals surface area contributed by atoms with Crippen molar-refractivity contribution in [3.05, 3.63) is 34.9 Å². The summed E-state index contributed by atoms with van der Waals surface area (Å²) in [6, 6.07) is 2.50. The Labute approximate surface area is 118 Å². The molecule has 0 saturated carbocycles. The smallest absolute Gasteiger partial charge is 0.133 e. The molecule has 2 N–H and O–H groups in total. The van der Waals surface area contributed by atoms with Crippen LogP contribution in [-0.2, 0) is 0 Å². The molecule has 2 rings (SSSR count). The van der Waals surface area contributed by atoms with Crippen molar-refractivity contribution in [3.63, 3.8) is 0 Å². The molecular weight excluding hydrogens is 262 g/mol. The van der Waals surface area contributed by atoms with Gasteiger partial charge in [0.05, 0.1) is 0 Å². The highest BCUT2D eigenvalue weighted by atomic mass is 19.1. The van der Waals surface area contributed by atoms with Crippen LogP contribution in [0, 0.1) is 18.6 Å². The maximum Gasteiger partial charge on any atom is 0.133 e. The van der Waals surface area contributed by atoms with Crippen molar-refractivity contribution in [2.24, 2.45) is 0 Å². The Balaban J connectivity index is 2.32. The van der Waals surface area contributed by atoms with Crippen LogP contribution in [0.15, 0.2) is 12.1 Å². The predicted octanol–water partition coefficient (Wildman–Crippen LogP) is 1.99. The van der Waals surface area contributed by atoms with E-state index in [1.807, 2.05) is 0 Å². The summed E-state index contributed by atoms with van der Waals surface area (Å²) in [7, 11) is 0. The molecule has 1 heterocycles. The quantitative estimate of drug-likeness (QED) is 0.868. The molecule has 0 bridgehead atoms. The topological polar surface area (TPSA) is 35.5 Å². The normalized spacial score (nSPS) is 18.2. The van der Waals surface area contributed by atoms with Crippen molar-refractivity contribution in [1.82, 2.24) is 10.2 Å². The van der Waals surface area contributed by atoms with Gasteiger partial charge in [0.25, 0.3) is 0 Å². The molecule has 1 saturated heterocycles. The number of aliphatic hydroxyl groups excluding tert-OH is 1. The zero-order valence-corrected chi connectivity index (χ0v) is 11.8. The van der Waals surface area contributed by atoms with Crippen molar-refractivity contribution in [2.45, 2.75) is 25.8 Å². The van der Waals surface area contributed by atoms with Crippen LogP contribution in [0.1, 0.15) is 30.0 Å². The summed E-state index contributed by atoms with van der Waals surface area (Å²) < 4.78 is 28.5. The van der Waals surface area contributed by atoms with Gasteiger partial charge in [-0.2, -0.15) is 0 Å². The average Bonchev–Trinajstić information content (AvgIpc) is 2.47. The third kappa shape index (κ3) is 3.34. The van der Waals surface area contributed by atoms with Crippen LogP contribution >= 0.6 is 0 Å². The van der Waals surface area contributed by atoms with E-state index in [1.165, 1.54) is 12.1 Å². The van der Waals surface area contributed by atoms with Crippen LogP contribution in [-0.4, -0.2) is 42.8 Å². The molecule has 112 valence electrons. The number of nitrogens with zero attached hydrogens (tertiary/aromatic N) is 1. The minimum Gasteiger partial charge on any atom is -0.396 e. The summed E-state index contributed by atoms with van der Waals surface area (Å²) in [5.74, 6) is -0.943. The molecule has 1 fully saturated rings. The standard InChI is InChI=1S/C15H22F2N2O/c1-11-4-5-12(16)14(15(11)17)13(3-2-10-20)19-8-6-18-7-9-19/h4-5,13,18,20H,2-3,6-10H2,1H3/t13-/m0/s1. The van der Waals surface area contributed by atoms with E-state index < -0.39 is 11.6 Å². The molecule has 0 aromatic heterocycles. The second-order valence-electron chi connectivity index (χ2n) is 5.26. The molecule has 5 heteroatoms. The first-order chi connectivity index (χ1) is 9.65. The Morgan fingerprint density at radius 2 is 2.00 bits per heavy atom. The number of hydrogen-bond donors (Lipinski definition) is 2. The first kappa shape index (κ1) is 15.4. The number of piperazine rings is 1. The number of aliphatic hydroxyl groups is 1. The molecule has 1 aliphatic heterocycles. The molecule has 1 aliphatic rings. The van der Waals surface area contributed by atoms with Crippen LogP contribution in [0.5, 0.6) is 0 Å². The van der Waals surface area contributed by atoms with Gasteiger partial charge >= 0.3 is 0 Å². The third-order valence-corrected chi connectivity index (χ3v) is 3.88. The molecule has 0 amide bonds. The van der Waals surface area contributed by atoms with E-state index in [1.54, 1.807) is 6.92 Å². The van der Waals surface area contributed by atoms with Crippen molar-refractivity contribution in [1.29, 1.82) is 0 Å². The molecular formula is C15H22F2N2O. The lowest BCUT2D eigenvalue weighted by molar-refractivity contribution is 0.148. The van der Waals surface area contributed by atoms with Gasteiger partial charge in [-0.25, -0.2) is 8.78 Å². The molecule has 20 heavy (non-hydrogen) atoms. The van der Waals surface area contributed by atoms with Gasteiger partial charge in [-0.15, -0.1) is 0 Å². The van der Waals surface area contributed by atoms with Gasteiger partial charge < -0.3 is 10.4 Å². The van der Waals surface area contributed by atoms with Crippen LogP contribution < -0.4 is 5.32 Å². The second-order valence-corrected chi connectivity index (χ2v) is 5.26. The minimum absolute atomic E-state index is 0.0393. The van der Waals surface area contributed by atoms with E-state index in [2.05, 4.69) is 10.2 Å². The Hall–Kier alpha value is -1.04. The van der Waals surface area contributed by atoms with Crippen LogP contribution in [0.2, 0.25) is 0 Å². The Bertz CT molecular complexity index is 448. The van der Waals surface area contributed by atoms with Gasteiger partial charge in [0.1, 0.15) is 11.6 Å². The van der Waals surface area contributed by atoms with Crippen LogP contribution in [0.3, 0.4) is 0 Å². The molecule has 1 aromatic carbocycles. The predicted molar refractivity (Wildman–Crippen MR) is 74.6 cm³/mol. The molecule has 1 atom stereocenters. The third-order valence-electron chi connectivity index (χ3n) is 3.88. The fourth-order valence-corrected chi connectivity index (χ4v) is 2.77. The zero-order chi connectivity index (χ0) is 14.5. The maximum absolute atomic E-state index is 14.4. The summed E-state index contributed by atoms with van der Waals surface area (Å²) in [5, 5.41) is 12.3. The molecule has 0 unspecified atom stereocenters. The Kier molecular flexibility index (Phi) is 5.46. The van der Waals surface area contributed by atoms with E-state index in [-0.39, 0.29) is 18.2 Å². The zero-order valence-electron chi connectivity index (χ0n) is 11.8. The lowest BCUT2D eigenvalue weighted by atomic mass is 9.96. The van der Waals surface area contributed by atoms with Crippen molar-refractivity contribution >= 4 is 0 Å². The van der Waals surface area contributed by atoms with Gasteiger partial charge in [-0.1, -0.05) is 6.07 Å². The molecule has 0 aliphatic carbocycles. The first-order valence-electron chi connectivity index (χ1n) is 7.15. The lowest BCUT2D eigenvalue weighted by Gasteiger charge is -2.35. The Morgan fingerprint density at radius 1 is 1.30 bits per heavy atom. The summed E-state index contributed by atoms with van der Waals surface area (Å²) in [5.41, 5.74) is 0.617. The van der Waals surface area contributed by atoms with Gasteiger partial charge in [-0.3, -0.25) is 4.90 Å². The minimum atomic E-state index is -0.491.